The van der Waals surface area contributed by atoms with Gasteiger partial charge in [-0.2, -0.15) is 5.10 Å². The SMILES string of the molecule is C/C(CC(=O)Nc1cc(Cl)ccc1Cl)=N\NC(=O)c1ccccn1. The van der Waals surface area contributed by atoms with Gasteiger partial charge in [0.15, 0.2) is 0 Å². The predicted molar refractivity (Wildman–Crippen MR) is 94.5 cm³/mol. The van der Waals surface area contributed by atoms with Crippen LogP contribution in [-0.2, 0) is 4.79 Å². The first-order chi connectivity index (χ1) is 11.5. The Morgan fingerprint density at radius 2 is 2.00 bits per heavy atom. The molecular weight excluding hydrogens is 351 g/mol. The highest BCUT2D eigenvalue weighted by Gasteiger charge is 2.09. The number of nitrogens with one attached hydrogen (secondary N) is 2. The van der Waals surface area contributed by atoms with Crippen molar-refractivity contribution in [1.29, 1.82) is 0 Å². The maximum absolute atomic E-state index is 12.0. The van der Waals surface area contributed by atoms with Crippen molar-refractivity contribution in [2.75, 3.05) is 5.32 Å². The summed E-state index contributed by atoms with van der Waals surface area (Å²) in [5.74, 6) is -0.777. The van der Waals surface area contributed by atoms with Gasteiger partial charge >= 0.3 is 0 Å². The van der Waals surface area contributed by atoms with E-state index in [4.69, 9.17) is 23.2 Å². The molecule has 0 spiro atoms. The van der Waals surface area contributed by atoms with Gasteiger partial charge in [0.05, 0.1) is 17.1 Å². The number of halogens is 2. The number of nitrogens with zero attached hydrogens (tertiary/aromatic N) is 2. The number of rotatable bonds is 5. The van der Waals surface area contributed by atoms with Gasteiger partial charge in [-0.15, -0.1) is 0 Å². The van der Waals surface area contributed by atoms with Crippen LogP contribution in [0.2, 0.25) is 10.0 Å². The van der Waals surface area contributed by atoms with E-state index in [1.807, 2.05) is 0 Å². The molecule has 2 amide bonds. The minimum atomic E-state index is -0.451. The zero-order valence-corrected chi connectivity index (χ0v) is 14.2. The van der Waals surface area contributed by atoms with E-state index >= 15 is 0 Å². The molecule has 0 saturated carbocycles. The number of hydrogen-bond donors (Lipinski definition) is 2. The smallest absolute Gasteiger partial charge is 0.289 e. The molecule has 1 aromatic carbocycles. The lowest BCUT2D eigenvalue weighted by atomic mass is 10.2. The Morgan fingerprint density at radius 1 is 1.21 bits per heavy atom. The molecule has 6 nitrogen and oxygen atoms in total. The summed E-state index contributed by atoms with van der Waals surface area (Å²) in [6.45, 7) is 1.62. The van der Waals surface area contributed by atoms with Crippen molar-refractivity contribution in [3.8, 4) is 0 Å². The Balaban J connectivity index is 1.91. The highest BCUT2D eigenvalue weighted by Crippen LogP contribution is 2.25. The summed E-state index contributed by atoms with van der Waals surface area (Å²) >= 11 is 11.8. The number of carbonyl (C=O) groups is 2. The van der Waals surface area contributed by atoms with Crippen LogP contribution in [-0.4, -0.2) is 22.5 Å². The van der Waals surface area contributed by atoms with E-state index in [9.17, 15) is 9.59 Å². The first kappa shape index (κ1) is 17.9. The standard InChI is InChI=1S/C16H14Cl2N4O2/c1-10(21-22-16(24)13-4-2-3-7-19-13)8-15(23)20-14-9-11(17)5-6-12(14)18/h2-7,9H,8H2,1H3,(H,20,23)(H,22,24)/b21-10+. The Hall–Kier alpha value is -2.44. The Bertz CT molecular complexity index is 779. The molecule has 2 rings (SSSR count). The fourth-order valence-electron chi connectivity index (χ4n) is 1.76. The molecule has 0 aliphatic heterocycles. The van der Waals surface area contributed by atoms with Crippen LogP contribution in [0, 0.1) is 0 Å². The van der Waals surface area contributed by atoms with Crippen molar-refractivity contribution in [3.05, 3.63) is 58.3 Å². The maximum Gasteiger partial charge on any atom is 0.289 e. The summed E-state index contributed by atoms with van der Waals surface area (Å²) in [7, 11) is 0. The molecule has 0 bridgehead atoms. The van der Waals surface area contributed by atoms with Crippen molar-refractivity contribution in [3.63, 3.8) is 0 Å². The topological polar surface area (TPSA) is 83.5 Å². The molecule has 2 N–H and O–H groups in total. The Kier molecular flexibility index (Phi) is 6.28. The normalized spacial score (nSPS) is 11.0. The number of benzene rings is 1. The van der Waals surface area contributed by atoms with Crippen molar-refractivity contribution in [2.45, 2.75) is 13.3 Å². The fraction of sp³-hybridized carbons (Fsp3) is 0.125. The van der Waals surface area contributed by atoms with Gasteiger partial charge in [-0.25, -0.2) is 5.43 Å². The zero-order chi connectivity index (χ0) is 17.5. The molecule has 124 valence electrons. The van der Waals surface area contributed by atoms with Gasteiger partial charge in [-0.05, 0) is 37.3 Å². The predicted octanol–water partition coefficient (Wildman–Crippen LogP) is 3.52. The number of carbonyl (C=O) groups excluding carboxylic acids is 2. The lowest BCUT2D eigenvalue weighted by Gasteiger charge is -2.07. The summed E-state index contributed by atoms with van der Waals surface area (Å²) in [6.07, 6.45) is 1.50. The summed E-state index contributed by atoms with van der Waals surface area (Å²) < 4.78 is 0. The van der Waals surface area contributed by atoms with E-state index in [1.54, 1.807) is 43.3 Å². The monoisotopic (exact) mass is 364 g/mol. The number of anilines is 1. The number of hydrazone groups is 1. The number of aromatic nitrogens is 1. The zero-order valence-electron chi connectivity index (χ0n) is 12.7. The molecule has 0 atom stereocenters. The first-order valence-electron chi connectivity index (χ1n) is 6.95. The second kappa shape index (κ2) is 8.42. The van der Waals surface area contributed by atoms with Gasteiger partial charge in [-0.3, -0.25) is 14.6 Å². The van der Waals surface area contributed by atoms with E-state index in [-0.39, 0.29) is 18.0 Å². The highest BCUT2D eigenvalue weighted by molar-refractivity contribution is 6.35. The second-order valence-electron chi connectivity index (χ2n) is 4.85. The van der Waals surface area contributed by atoms with Crippen molar-refractivity contribution < 1.29 is 9.59 Å². The highest BCUT2D eigenvalue weighted by atomic mass is 35.5. The molecule has 1 aromatic heterocycles. The third kappa shape index (κ3) is 5.33. The lowest BCUT2D eigenvalue weighted by molar-refractivity contribution is -0.115. The fourth-order valence-corrected chi connectivity index (χ4v) is 2.10. The molecule has 24 heavy (non-hydrogen) atoms. The van der Waals surface area contributed by atoms with Gasteiger partial charge < -0.3 is 5.32 Å². The molecule has 0 saturated heterocycles. The second-order valence-corrected chi connectivity index (χ2v) is 5.70. The van der Waals surface area contributed by atoms with Crippen LogP contribution >= 0.6 is 23.2 Å². The van der Waals surface area contributed by atoms with E-state index in [0.717, 1.165) is 0 Å². The number of hydrogen-bond acceptors (Lipinski definition) is 4. The van der Waals surface area contributed by atoms with E-state index in [1.165, 1.54) is 6.20 Å². The maximum atomic E-state index is 12.0. The van der Waals surface area contributed by atoms with Crippen molar-refractivity contribution in [2.24, 2.45) is 5.10 Å². The molecule has 0 fully saturated rings. The van der Waals surface area contributed by atoms with E-state index < -0.39 is 5.91 Å². The first-order valence-corrected chi connectivity index (χ1v) is 7.70. The quantitative estimate of drug-likeness (QED) is 0.628. The van der Waals surface area contributed by atoms with Gasteiger partial charge in [0.1, 0.15) is 5.69 Å². The summed E-state index contributed by atoms with van der Waals surface area (Å²) in [5.41, 5.74) is 3.43. The van der Waals surface area contributed by atoms with Crippen molar-refractivity contribution >= 4 is 46.4 Å². The number of amides is 2. The van der Waals surface area contributed by atoms with Crippen LogP contribution in [0.3, 0.4) is 0 Å². The van der Waals surface area contributed by atoms with Gasteiger partial charge in [-0.1, -0.05) is 29.3 Å². The van der Waals surface area contributed by atoms with Gasteiger partial charge in [0, 0.05) is 16.9 Å². The van der Waals surface area contributed by atoms with Crippen LogP contribution < -0.4 is 10.7 Å². The molecule has 0 aliphatic rings. The van der Waals surface area contributed by atoms with Crippen LogP contribution in [0.1, 0.15) is 23.8 Å². The third-order valence-electron chi connectivity index (χ3n) is 2.86. The summed E-state index contributed by atoms with van der Waals surface area (Å²) in [4.78, 5) is 27.7. The lowest BCUT2D eigenvalue weighted by Crippen LogP contribution is -2.22. The van der Waals surface area contributed by atoms with Crippen LogP contribution in [0.25, 0.3) is 0 Å². The van der Waals surface area contributed by atoms with Crippen molar-refractivity contribution in [1.82, 2.24) is 10.4 Å². The van der Waals surface area contributed by atoms with Crippen LogP contribution in [0.5, 0.6) is 0 Å². The molecule has 0 aliphatic carbocycles. The Morgan fingerprint density at radius 3 is 2.71 bits per heavy atom. The van der Waals surface area contributed by atoms with E-state index in [2.05, 4.69) is 20.8 Å². The molecule has 1 heterocycles. The van der Waals surface area contributed by atoms with Gasteiger partial charge in [0.2, 0.25) is 5.91 Å². The summed E-state index contributed by atoms with van der Waals surface area (Å²) in [5, 5.41) is 7.36. The number of pyridine rings is 1. The minimum Gasteiger partial charge on any atom is -0.324 e. The molecule has 0 radical (unpaired) electrons. The molecule has 2 aromatic rings. The largest absolute Gasteiger partial charge is 0.324 e. The Labute approximate surface area is 148 Å². The average Bonchev–Trinajstić information content (AvgIpc) is 2.56. The third-order valence-corrected chi connectivity index (χ3v) is 3.43. The molecule has 8 heteroatoms. The molecule has 0 unspecified atom stereocenters. The summed E-state index contributed by atoms with van der Waals surface area (Å²) in [6, 6.07) is 9.73. The van der Waals surface area contributed by atoms with Crippen LogP contribution in [0.15, 0.2) is 47.7 Å². The average molecular weight is 365 g/mol. The van der Waals surface area contributed by atoms with E-state index in [0.29, 0.717) is 21.4 Å². The molecular formula is C16H14Cl2N4O2. The minimum absolute atomic E-state index is 0.00859. The van der Waals surface area contributed by atoms with Crippen LogP contribution in [0.4, 0.5) is 5.69 Å². The van der Waals surface area contributed by atoms with Gasteiger partial charge in [0.25, 0.3) is 5.91 Å².